The number of urea groups is 1. The number of amides is 3. The number of benzene rings is 4. The molecule has 0 spiro atoms. The minimum atomic E-state index is -1.03. The quantitative estimate of drug-likeness (QED) is 0.0774. The average Bonchev–Trinajstić information content (AvgIpc) is 3.93. The lowest BCUT2D eigenvalue weighted by Gasteiger charge is -2.37. The lowest BCUT2D eigenvalue weighted by Crippen LogP contribution is -2.55. The molecule has 4 aromatic carbocycles. The van der Waals surface area contributed by atoms with E-state index in [0.29, 0.717) is 44.8 Å². The number of anilines is 3. The zero-order valence-electron chi connectivity index (χ0n) is 33.3. The molecule has 3 heterocycles. The molecule has 310 valence electrons. The highest BCUT2D eigenvalue weighted by molar-refractivity contribution is 5.90. The highest BCUT2D eigenvalue weighted by Crippen LogP contribution is 2.42. The zero-order chi connectivity index (χ0) is 41.2. The Morgan fingerprint density at radius 3 is 2.31 bits per heavy atom. The van der Waals surface area contributed by atoms with Crippen molar-refractivity contribution in [3.63, 3.8) is 0 Å². The van der Waals surface area contributed by atoms with Crippen molar-refractivity contribution in [3.8, 4) is 5.75 Å². The first-order valence-corrected chi connectivity index (χ1v) is 19.9. The largest absolute Gasteiger partial charge is 0.493 e. The predicted octanol–water partition coefficient (Wildman–Crippen LogP) is 6.77. The molecule has 1 aromatic heterocycles. The third-order valence-corrected chi connectivity index (χ3v) is 11.0. The van der Waals surface area contributed by atoms with Crippen molar-refractivity contribution in [1.82, 2.24) is 25.2 Å². The minimum Gasteiger partial charge on any atom is -0.493 e. The highest BCUT2D eigenvalue weighted by atomic mass is 19.1. The molecule has 59 heavy (non-hydrogen) atoms. The first-order chi connectivity index (χ1) is 28.7. The van der Waals surface area contributed by atoms with Crippen LogP contribution in [0.2, 0.25) is 0 Å². The van der Waals surface area contributed by atoms with Gasteiger partial charge >= 0.3 is 6.03 Å². The number of rotatable bonds is 17. The van der Waals surface area contributed by atoms with Gasteiger partial charge in [-0.15, -0.1) is 0 Å². The Morgan fingerprint density at radius 2 is 1.68 bits per heavy atom. The van der Waals surface area contributed by atoms with Crippen molar-refractivity contribution >= 4 is 29.5 Å². The van der Waals surface area contributed by atoms with E-state index in [1.165, 1.54) is 23.5 Å². The molecule has 3 amide bonds. The first kappa shape index (κ1) is 41.1. The average molecular weight is 809 g/mol. The predicted molar refractivity (Wildman–Crippen MR) is 220 cm³/mol. The molecule has 15 heteroatoms. The number of carbonyl (C=O) groups is 2. The van der Waals surface area contributed by atoms with Crippen LogP contribution >= 0.6 is 0 Å². The van der Waals surface area contributed by atoms with Gasteiger partial charge in [0.25, 0.3) is 0 Å². The number of piperazine rings is 1. The summed E-state index contributed by atoms with van der Waals surface area (Å²) in [4.78, 5) is 33.5. The second kappa shape index (κ2) is 19.1. The second-order valence-corrected chi connectivity index (χ2v) is 14.9. The van der Waals surface area contributed by atoms with Crippen molar-refractivity contribution in [1.29, 1.82) is 0 Å². The Balaban J connectivity index is 0.879. The molecular formula is C44H50F2N8O5. The summed E-state index contributed by atoms with van der Waals surface area (Å²) >= 11 is 0. The molecule has 7 rings (SSSR count). The topological polar surface area (TPSA) is 126 Å². The van der Waals surface area contributed by atoms with Gasteiger partial charge in [0.15, 0.2) is 0 Å². The molecule has 2 fully saturated rings. The normalized spacial score (nSPS) is 18.9. The number of hydrogen-bond acceptors (Lipinski definition) is 9. The lowest BCUT2D eigenvalue weighted by molar-refractivity contribution is -0.114. The van der Waals surface area contributed by atoms with Crippen molar-refractivity contribution < 1.29 is 32.6 Å². The van der Waals surface area contributed by atoms with Crippen molar-refractivity contribution in [2.75, 3.05) is 54.5 Å². The molecule has 5 aromatic rings. The molecule has 0 radical (unpaired) electrons. The van der Waals surface area contributed by atoms with Crippen LogP contribution in [0.4, 0.5) is 30.6 Å². The zero-order valence-corrected chi connectivity index (χ0v) is 33.3. The van der Waals surface area contributed by atoms with Crippen LogP contribution in [-0.2, 0) is 33.0 Å². The van der Waals surface area contributed by atoms with E-state index in [2.05, 4.69) is 42.8 Å². The van der Waals surface area contributed by atoms with Gasteiger partial charge in [0, 0.05) is 60.8 Å². The number of hydrogen-bond donors (Lipinski definition) is 2. The Bertz CT molecular complexity index is 2100. The van der Waals surface area contributed by atoms with E-state index in [-0.39, 0.29) is 24.1 Å². The maximum absolute atomic E-state index is 15.0. The molecule has 0 bridgehead atoms. The van der Waals surface area contributed by atoms with Crippen LogP contribution in [0, 0.1) is 17.6 Å². The Hall–Kier alpha value is -6.06. The van der Waals surface area contributed by atoms with Crippen LogP contribution in [0.3, 0.4) is 0 Å². The van der Waals surface area contributed by atoms with Gasteiger partial charge in [-0.05, 0) is 79.9 Å². The summed E-state index contributed by atoms with van der Waals surface area (Å²) in [7, 11) is 0. The maximum Gasteiger partial charge on any atom is 0.340 e. The fourth-order valence-electron chi connectivity index (χ4n) is 7.92. The van der Waals surface area contributed by atoms with Gasteiger partial charge in [-0.1, -0.05) is 43.3 Å². The summed E-state index contributed by atoms with van der Waals surface area (Å²) in [5.41, 5.74) is 5.60. The third kappa shape index (κ3) is 10.2. The summed E-state index contributed by atoms with van der Waals surface area (Å²) in [5, 5.41) is 8.40. The van der Waals surface area contributed by atoms with Crippen LogP contribution in [0.15, 0.2) is 110 Å². The van der Waals surface area contributed by atoms with Crippen LogP contribution in [0.25, 0.3) is 0 Å². The van der Waals surface area contributed by atoms with Crippen molar-refractivity contribution in [2.24, 2.45) is 5.92 Å². The van der Waals surface area contributed by atoms with Crippen LogP contribution in [0.1, 0.15) is 37.8 Å². The van der Waals surface area contributed by atoms with Crippen molar-refractivity contribution in [3.05, 3.63) is 132 Å². The van der Waals surface area contributed by atoms with Crippen LogP contribution < -0.4 is 25.3 Å². The highest BCUT2D eigenvalue weighted by Gasteiger charge is 2.44. The number of nitrogens with zero attached hydrogens (tertiary/aromatic N) is 6. The standard InChI is InChI=1S/C44H50F2N8O5/c1-3-42(32(2)57-25-33-7-5-4-6-8-33)54(49-31-55)43(56)50-36-10-12-37(13-11-36)51-19-21-52(22-20-51)38-14-16-39(17-15-38)58-26-34-24-44(59-27-34,28-53-30-47-29-48-53)40-18-9-35(45)23-41(40)46/h4-18,23,29-32,34,42H,3,19-22,24-28H2,1-2H3,(H,49,55)(H,50,56)/t32-,34+,42-,44-/m0/s1. The molecular weight excluding hydrogens is 759 g/mol. The van der Waals surface area contributed by atoms with E-state index in [0.717, 1.165) is 54.9 Å². The van der Waals surface area contributed by atoms with Crippen LogP contribution in [-0.4, -0.2) is 83.8 Å². The maximum atomic E-state index is 15.0. The van der Waals surface area contributed by atoms with Crippen molar-refractivity contribution in [2.45, 2.75) is 57.6 Å². The molecule has 2 N–H and O–H groups in total. The smallest absolute Gasteiger partial charge is 0.340 e. The molecule has 2 aliphatic rings. The third-order valence-electron chi connectivity index (χ3n) is 11.0. The van der Waals surface area contributed by atoms with Gasteiger partial charge in [0.05, 0.1) is 38.5 Å². The van der Waals surface area contributed by atoms with Gasteiger partial charge in [-0.3, -0.25) is 10.2 Å². The number of ether oxygens (including phenoxy) is 3. The van der Waals surface area contributed by atoms with E-state index in [1.807, 2.05) is 80.6 Å². The molecule has 4 atom stereocenters. The van der Waals surface area contributed by atoms with Crippen LogP contribution in [0.5, 0.6) is 5.75 Å². The van der Waals surface area contributed by atoms with E-state index >= 15 is 4.39 Å². The number of aromatic nitrogens is 3. The molecule has 0 saturated carbocycles. The van der Waals surface area contributed by atoms with Gasteiger partial charge < -0.3 is 29.3 Å². The number of hydrazine groups is 1. The SMILES string of the molecule is CC[C@@H]([C@H](C)OCc1ccccc1)N(NC=O)C(=O)Nc1ccc(N2CCN(c3ccc(OC[C@@H]4CO[C@@](Cn5cncn5)(c5ccc(F)cc5F)C4)cc3)CC2)cc1. The van der Waals surface area contributed by atoms with Gasteiger partial charge in [0.2, 0.25) is 6.41 Å². The minimum absolute atomic E-state index is 0.0251. The molecule has 0 aliphatic carbocycles. The lowest BCUT2D eigenvalue weighted by atomic mass is 9.87. The van der Waals surface area contributed by atoms with Gasteiger partial charge in [-0.25, -0.2) is 28.3 Å². The first-order valence-electron chi connectivity index (χ1n) is 19.9. The molecule has 13 nitrogen and oxygen atoms in total. The summed E-state index contributed by atoms with van der Waals surface area (Å²) in [6.45, 7) is 8.47. The fourth-order valence-corrected chi connectivity index (χ4v) is 7.92. The fraction of sp³-hybridized carbons (Fsp3) is 0.364. The Kier molecular flexibility index (Phi) is 13.3. The summed E-state index contributed by atoms with van der Waals surface area (Å²) in [6, 6.07) is 28.3. The second-order valence-electron chi connectivity index (χ2n) is 14.9. The Labute approximate surface area is 342 Å². The molecule has 0 unspecified atom stereocenters. The summed E-state index contributed by atoms with van der Waals surface area (Å²) in [5.74, 6) is -0.599. The summed E-state index contributed by atoms with van der Waals surface area (Å²) < 4.78 is 48.9. The number of nitrogens with one attached hydrogen (secondary N) is 2. The number of halogens is 2. The van der Waals surface area contributed by atoms with E-state index in [4.69, 9.17) is 14.2 Å². The van der Waals surface area contributed by atoms with E-state index in [1.54, 1.807) is 11.0 Å². The van der Waals surface area contributed by atoms with E-state index < -0.39 is 29.3 Å². The Morgan fingerprint density at radius 1 is 0.983 bits per heavy atom. The number of carbonyl (C=O) groups excluding carboxylic acids is 2. The van der Waals surface area contributed by atoms with Gasteiger partial charge in [0.1, 0.15) is 35.6 Å². The molecule has 2 saturated heterocycles. The van der Waals surface area contributed by atoms with Gasteiger partial charge in [-0.2, -0.15) is 5.10 Å². The molecule has 2 aliphatic heterocycles. The monoisotopic (exact) mass is 808 g/mol. The van der Waals surface area contributed by atoms with E-state index in [9.17, 15) is 14.0 Å². The summed E-state index contributed by atoms with van der Waals surface area (Å²) in [6.07, 6.45) is 4.17.